The first kappa shape index (κ1) is 54.7. The predicted molar refractivity (Wildman–Crippen MR) is 238 cm³/mol. The van der Waals surface area contributed by atoms with Gasteiger partial charge in [-0.05, 0) is 51.4 Å². The molecule has 2 unspecified atom stereocenters. The van der Waals surface area contributed by atoms with Crippen molar-refractivity contribution in [2.75, 3.05) is 19.8 Å². The molecule has 0 radical (unpaired) electrons. The van der Waals surface area contributed by atoms with Crippen LogP contribution in [0.2, 0.25) is 0 Å². The predicted octanol–water partition coefficient (Wildman–Crippen LogP) is 10.4. The lowest BCUT2D eigenvalue weighted by Gasteiger charge is -2.39. The summed E-state index contributed by atoms with van der Waals surface area (Å²) < 4.78 is 22.1. The molecule has 1 aliphatic heterocycles. The van der Waals surface area contributed by atoms with Gasteiger partial charge < -0.3 is 39.4 Å². The van der Waals surface area contributed by atoms with Crippen LogP contribution in [0, 0.1) is 0 Å². The normalized spacial score (nSPS) is 20.4. The first-order valence-corrected chi connectivity index (χ1v) is 23.7. The Morgan fingerprint density at radius 3 is 1.47 bits per heavy atom. The lowest BCUT2D eigenvalue weighted by atomic mass is 9.99. The van der Waals surface area contributed by atoms with E-state index < -0.39 is 49.4 Å². The van der Waals surface area contributed by atoms with Crippen LogP contribution in [0.4, 0.5) is 0 Å². The summed E-state index contributed by atoms with van der Waals surface area (Å²) in [5.74, 6) is -0.868. The van der Waals surface area contributed by atoms with Gasteiger partial charge in [-0.15, -0.1) is 0 Å². The average Bonchev–Trinajstić information content (AvgIpc) is 3.23. The van der Waals surface area contributed by atoms with Crippen LogP contribution in [0.25, 0.3) is 0 Å². The smallest absolute Gasteiger partial charge is 0.306 e. The molecule has 0 amide bonds. The Bertz CT molecular complexity index is 1100. The standard InChI is InChI=1S/C49H86O10/c1-3-5-7-9-11-13-15-17-19-21-23-25-27-29-31-33-35-37-44(51)56-40-42(41-57-49-48(55)47(54)46(53)43(39-50)59-49)58-45(52)38-36-34-32-30-28-26-24-22-20-18-16-14-12-10-8-6-4-2/h12,14,18,20,24,26,30,32,42-43,46-50,53-55H,3-11,13,15-17,19,21-23,25,27-29,31,33-41H2,1-2H3/b14-12+,20-18+,26-24+,32-30+/t42-,43-,46+,47?,48?,49-/m0/s1. The number of carbonyl (C=O) groups excluding carboxylic acids is 2. The van der Waals surface area contributed by atoms with E-state index in [9.17, 15) is 30.0 Å². The van der Waals surface area contributed by atoms with E-state index in [1.54, 1.807) is 0 Å². The zero-order valence-electron chi connectivity index (χ0n) is 37.2. The van der Waals surface area contributed by atoms with Gasteiger partial charge in [0, 0.05) is 12.8 Å². The highest BCUT2D eigenvalue weighted by Crippen LogP contribution is 2.22. The topological polar surface area (TPSA) is 152 Å². The fourth-order valence-corrected chi connectivity index (χ4v) is 6.95. The summed E-state index contributed by atoms with van der Waals surface area (Å²) in [6.45, 7) is 3.35. The minimum Gasteiger partial charge on any atom is -0.462 e. The summed E-state index contributed by atoms with van der Waals surface area (Å²) in [5.41, 5.74) is 0. The number of esters is 2. The first-order valence-electron chi connectivity index (χ1n) is 23.7. The summed E-state index contributed by atoms with van der Waals surface area (Å²) in [6.07, 6.45) is 39.8. The molecule has 1 rings (SSSR count). The van der Waals surface area contributed by atoms with Crippen LogP contribution < -0.4 is 0 Å². The number of aliphatic hydroxyl groups is 4. The van der Waals surface area contributed by atoms with Crippen molar-refractivity contribution in [3.8, 4) is 0 Å². The van der Waals surface area contributed by atoms with Crippen LogP contribution in [-0.2, 0) is 28.5 Å². The van der Waals surface area contributed by atoms with Gasteiger partial charge in [0.05, 0.1) is 13.2 Å². The van der Waals surface area contributed by atoms with E-state index in [-0.39, 0.29) is 32.0 Å². The number of allylic oxidation sites excluding steroid dienone is 8. The minimum absolute atomic E-state index is 0.155. The van der Waals surface area contributed by atoms with Gasteiger partial charge in [-0.3, -0.25) is 9.59 Å². The van der Waals surface area contributed by atoms with Gasteiger partial charge in [-0.2, -0.15) is 0 Å². The first-order chi connectivity index (χ1) is 28.8. The number of aliphatic hydroxyl groups excluding tert-OH is 4. The number of rotatable bonds is 39. The second kappa shape index (κ2) is 39.8. The van der Waals surface area contributed by atoms with Crippen molar-refractivity contribution in [1.29, 1.82) is 0 Å². The number of unbranched alkanes of at least 4 members (excludes halogenated alkanes) is 20. The molecule has 1 aliphatic rings. The Morgan fingerprint density at radius 2 is 0.966 bits per heavy atom. The Labute approximate surface area is 358 Å². The van der Waals surface area contributed by atoms with Gasteiger partial charge in [0.1, 0.15) is 31.0 Å². The van der Waals surface area contributed by atoms with Crippen molar-refractivity contribution in [1.82, 2.24) is 0 Å². The van der Waals surface area contributed by atoms with Crippen molar-refractivity contribution >= 4 is 11.9 Å². The van der Waals surface area contributed by atoms with Gasteiger partial charge in [0.15, 0.2) is 12.4 Å². The van der Waals surface area contributed by atoms with Crippen LogP contribution in [0.15, 0.2) is 48.6 Å². The molecule has 0 aromatic rings. The summed E-state index contributed by atoms with van der Waals surface area (Å²) in [7, 11) is 0. The number of hydrogen-bond donors (Lipinski definition) is 4. The van der Waals surface area contributed by atoms with E-state index in [0.717, 1.165) is 44.9 Å². The summed E-state index contributed by atoms with van der Waals surface area (Å²) in [4.78, 5) is 25.3. The van der Waals surface area contributed by atoms with Crippen LogP contribution in [0.1, 0.15) is 194 Å². The highest BCUT2D eigenvalue weighted by molar-refractivity contribution is 5.70. The van der Waals surface area contributed by atoms with Crippen LogP contribution in [-0.4, -0.2) is 89.0 Å². The van der Waals surface area contributed by atoms with Crippen molar-refractivity contribution in [2.45, 2.75) is 230 Å². The van der Waals surface area contributed by atoms with E-state index in [4.69, 9.17) is 18.9 Å². The quantitative estimate of drug-likeness (QED) is 0.0267. The van der Waals surface area contributed by atoms with Crippen molar-refractivity contribution in [3.05, 3.63) is 48.6 Å². The summed E-state index contributed by atoms with van der Waals surface area (Å²) in [6, 6.07) is 0. The Kier molecular flexibility index (Phi) is 36.9. The molecule has 1 fully saturated rings. The molecule has 0 aromatic carbocycles. The molecule has 10 nitrogen and oxygen atoms in total. The fraction of sp³-hybridized carbons (Fsp3) is 0.796. The molecule has 0 aliphatic carbocycles. The van der Waals surface area contributed by atoms with Crippen LogP contribution >= 0.6 is 0 Å². The van der Waals surface area contributed by atoms with Gasteiger partial charge in [0.2, 0.25) is 0 Å². The van der Waals surface area contributed by atoms with Crippen molar-refractivity contribution in [3.63, 3.8) is 0 Å². The third kappa shape index (κ3) is 31.2. The van der Waals surface area contributed by atoms with Gasteiger partial charge in [-0.25, -0.2) is 0 Å². The number of ether oxygens (including phenoxy) is 4. The molecule has 59 heavy (non-hydrogen) atoms. The third-order valence-electron chi connectivity index (χ3n) is 10.7. The highest BCUT2D eigenvalue weighted by atomic mass is 16.7. The Balaban J connectivity index is 2.34. The Hall–Kier alpha value is -2.34. The highest BCUT2D eigenvalue weighted by Gasteiger charge is 2.44. The molecule has 1 heterocycles. The lowest BCUT2D eigenvalue weighted by molar-refractivity contribution is -0.305. The maximum atomic E-state index is 12.8. The fourth-order valence-electron chi connectivity index (χ4n) is 6.95. The van der Waals surface area contributed by atoms with Crippen molar-refractivity contribution < 1.29 is 49.0 Å². The van der Waals surface area contributed by atoms with Gasteiger partial charge >= 0.3 is 11.9 Å². The second-order valence-corrected chi connectivity index (χ2v) is 16.2. The molecule has 1 saturated heterocycles. The SMILES string of the molecule is CCCCC/C=C/C/C=C/C/C=C/C/C=C/CCCC(=O)O[C@@H](COC(=O)CCCCCCCCCCCCCCCCCCC)CO[C@H]1O[C@@H](CO)[C@@H](O)C(O)C1O. The van der Waals surface area contributed by atoms with E-state index >= 15 is 0 Å². The molecule has 0 saturated carbocycles. The molecule has 0 bridgehead atoms. The van der Waals surface area contributed by atoms with Gasteiger partial charge in [0.25, 0.3) is 0 Å². The largest absolute Gasteiger partial charge is 0.462 e. The zero-order chi connectivity index (χ0) is 43.0. The monoisotopic (exact) mass is 835 g/mol. The lowest BCUT2D eigenvalue weighted by Crippen LogP contribution is -2.59. The van der Waals surface area contributed by atoms with E-state index in [0.29, 0.717) is 12.8 Å². The van der Waals surface area contributed by atoms with E-state index in [2.05, 4.69) is 56.4 Å². The average molecular weight is 835 g/mol. The third-order valence-corrected chi connectivity index (χ3v) is 10.7. The molecular weight excluding hydrogens is 749 g/mol. The summed E-state index contributed by atoms with van der Waals surface area (Å²) in [5, 5.41) is 40.1. The van der Waals surface area contributed by atoms with E-state index in [1.165, 1.54) is 109 Å². The van der Waals surface area contributed by atoms with Crippen molar-refractivity contribution in [2.24, 2.45) is 0 Å². The molecular formula is C49H86O10. The summed E-state index contributed by atoms with van der Waals surface area (Å²) >= 11 is 0. The maximum absolute atomic E-state index is 12.8. The molecule has 4 N–H and O–H groups in total. The molecule has 342 valence electrons. The van der Waals surface area contributed by atoms with E-state index in [1.807, 2.05) is 6.08 Å². The zero-order valence-corrected chi connectivity index (χ0v) is 37.2. The number of hydrogen-bond acceptors (Lipinski definition) is 10. The Morgan fingerprint density at radius 1 is 0.525 bits per heavy atom. The van der Waals surface area contributed by atoms with Gasteiger partial charge in [-0.1, -0.05) is 178 Å². The minimum atomic E-state index is -1.60. The second-order valence-electron chi connectivity index (χ2n) is 16.2. The number of carbonyl (C=O) groups is 2. The maximum Gasteiger partial charge on any atom is 0.306 e. The molecule has 6 atom stereocenters. The molecule has 0 aromatic heterocycles. The van der Waals surface area contributed by atoms with Crippen LogP contribution in [0.3, 0.4) is 0 Å². The molecule has 10 heteroatoms. The molecule has 0 spiro atoms. The van der Waals surface area contributed by atoms with Crippen LogP contribution in [0.5, 0.6) is 0 Å².